The van der Waals surface area contributed by atoms with E-state index in [1.165, 1.54) is 12.8 Å². The zero-order valence-corrected chi connectivity index (χ0v) is 20.3. The molecule has 0 radical (unpaired) electrons. The largest absolute Gasteiger partial charge is 0.492 e. The average molecular weight is 527 g/mol. The molecule has 2 amide bonds. The SMILES string of the molecule is CCCCCCOc1ccc(C(=O)NC(=S)NNC(=O)Cc2ccc(Cl)cc2)cc1Br. The summed E-state index contributed by atoms with van der Waals surface area (Å²) in [5.74, 6) is -0.0232. The van der Waals surface area contributed by atoms with Crippen molar-refractivity contribution in [1.82, 2.24) is 16.2 Å². The van der Waals surface area contributed by atoms with E-state index >= 15 is 0 Å². The topological polar surface area (TPSA) is 79.5 Å². The molecule has 0 bridgehead atoms. The molecule has 0 heterocycles. The van der Waals surface area contributed by atoms with Gasteiger partial charge in [0.15, 0.2) is 5.11 Å². The monoisotopic (exact) mass is 525 g/mol. The van der Waals surface area contributed by atoms with Crippen LogP contribution < -0.4 is 20.9 Å². The molecule has 0 fully saturated rings. The molecule has 31 heavy (non-hydrogen) atoms. The zero-order chi connectivity index (χ0) is 22.6. The van der Waals surface area contributed by atoms with Crippen LogP contribution in [0.25, 0.3) is 0 Å². The summed E-state index contributed by atoms with van der Waals surface area (Å²) >= 11 is 14.3. The summed E-state index contributed by atoms with van der Waals surface area (Å²) in [5, 5.41) is 3.11. The number of carbonyl (C=O) groups excluding carboxylic acids is 2. The summed E-state index contributed by atoms with van der Waals surface area (Å²) in [4.78, 5) is 24.4. The molecule has 166 valence electrons. The summed E-state index contributed by atoms with van der Waals surface area (Å²) in [6.45, 7) is 2.80. The Hall–Kier alpha value is -2.16. The Balaban J connectivity index is 1.77. The third kappa shape index (κ3) is 9.25. The van der Waals surface area contributed by atoms with Gasteiger partial charge in [0.25, 0.3) is 5.91 Å². The molecule has 0 unspecified atom stereocenters. The normalized spacial score (nSPS) is 10.3. The van der Waals surface area contributed by atoms with Crippen LogP contribution in [-0.2, 0) is 11.2 Å². The maximum absolute atomic E-state index is 12.4. The Bertz CT molecular complexity index is 909. The van der Waals surface area contributed by atoms with Gasteiger partial charge in [-0.15, -0.1) is 0 Å². The fourth-order valence-electron chi connectivity index (χ4n) is 2.63. The van der Waals surface area contributed by atoms with Gasteiger partial charge in [-0.1, -0.05) is 49.9 Å². The quantitative estimate of drug-likeness (QED) is 0.245. The van der Waals surface area contributed by atoms with Crippen LogP contribution in [0.15, 0.2) is 46.9 Å². The van der Waals surface area contributed by atoms with Crippen LogP contribution >= 0.6 is 39.7 Å². The van der Waals surface area contributed by atoms with Gasteiger partial charge in [-0.25, -0.2) is 0 Å². The molecule has 0 aromatic heterocycles. The van der Waals surface area contributed by atoms with Crippen molar-refractivity contribution in [3.63, 3.8) is 0 Å². The van der Waals surface area contributed by atoms with Crippen LogP contribution in [0, 0.1) is 0 Å². The second-order valence-corrected chi connectivity index (χ2v) is 8.51. The van der Waals surface area contributed by atoms with Crippen LogP contribution in [0.2, 0.25) is 5.02 Å². The van der Waals surface area contributed by atoms with Crippen molar-refractivity contribution in [2.75, 3.05) is 6.61 Å². The molecular formula is C22H25BrClN3O3S. The summed E-state index contributed by atoms with van der Waals surface area (Å²) < 4.78 is 6.43. The van der Waals surface area contributed by atoms with E-state index in [1.807, 2.05) is 0 Å². The fraction of sp³-hybridized carbons (Fsp3) is 0.318. The first-order valence-electron chi connectivity index (χ1n) is 9.96. The van der Waals surface area contributed by atoms with Crippen LogP contribution in [0.3, 0.4) is 0 Å². The van der Waals surface area contributed by atoms with Gasteiger partial charge in [-0.05, 0) is 70.5 Å². The number of hydrazine groups is 1. The molecule has 2 rings (SSSR count). The van der Waals surface area contributed by atoms with Gasteiger partial charge in [0.05, 0.1) is 17.5 Å². The molecule has 0 atom stereocenters. The minimum atomic E-state index is -0.403. The highest BCUT2D eigenvalue weighted by atomic mass is 79.9. The first kappa shape index (κ1) is 25.1. The van der Waals surface area contributed by atoms with Crippen LogP contribution in [-0.4, -0.2) is 23.5 Å². The van der Waals surface area contributed by atoms with E-state index in [4.69, 9.17) is 28.6 Å². The molecule has 3 N–H and O–H groups in total. The smallest absolute Gasteiger partial charge is 0.257 e. The van der Waals surface area contributed by atoms with E-state index in [0.29, 0.717) is 27.4 Å². The summed E-state index contributed by atoms with van der Waals surface area (Å²) in [7, 11) is 0. The molecule has 2 aromatic carbocycles. The van der Waals surface area contributed by atoms with Crippen molar-refractivity contribution in [3.05, 3.63) is 63.1 Å². The predicted molar refractivity (Wildman–Crippen MR) is 130 cm³/mol. The number of rotatable bonds is 9. The number of thiocarbonyl (C=S) groups is 1. The Morgan fingerprint density at radius 3 is 2.48 bits per heavy atom. The van der Waals surface area contributed by atoms with Crippen molar-refractivity contribution >= 4 is 56.7 Å². The lowest BCUT2D eigenvalue weighted by atomic mass is 10.1. The molecule has 0 aliphatic rings. The van der Waals surface area contributed by atoms with Crippen LogP contribution in [0.1, 0.15) is 48.5 Å². The number of hydrogen-bond acceptors (Lipinski definition) is 4. The van der Waals surface area contributed by atoms with Gasteiger partial charge in [0.2, 0.25) is 5.91 Å². The molecule has 0 saturated heterocycles. The third-order valence-electron chi connectivity index (χ3n) is 4.27. The lowest BCUT2D eigenvalue weighted by Crippen LogP contribution is -2.48. The van der Waals surface area contributed by atoms with Crippen LogP contribution in [0.5, 0.6) is 5.75 Å². The fourth-order valence-corrected chi connectivity index (χ4v) is 3.40. The minimum Gasteiger partial charge on any atom is -0.492 e. The number of hydrogen-bond donors (Lipinski definition) is 3. The van der Waals surface area contributed by atoms with Crippen LogP contribution in [0.4, 0.5) is 0 Å². The maximum atomic E-state index is 12.4. The first-order chi connectivity index (χ1) is 14.9. The number of ether oxygens (including phenoxy) is 1. The van der Waals surface area contributed by atoms with Crippen molar-refractivity contribution in [2.24, 2.45) is 0 Å². The molecule has 9 heteroatoms. The molecular weight excluding hydrogens is 502 g/mol. The van der Waals surface area contributed by atoms with E-state index in [1.54, 1.807) is 42.5 Å². The highest BCUT2D eigenvalue weighted by Crippen LogP contribution is 2.26. The number of benzene rings is 2. The minimum absolute atomic E-state index is 0.0122. The number of amides is 2. The number of nitrogens with one attached hydrogen (secondary N) is 3. The molecule has 0 aliphatic heterocycles. The molecule has 6 nitrogen and oxygen atoms in total. The third-order valence-corrected chi connectivity index (χ3v) is 5.35. The van der Waals surface area contributed by atoms with Gasteiger partial charge in [0, 0.05) is 10.6 Å². The number of halogens is 2. The van der Waals surface area contributed by atoms with E-state index in [-0.39, 0.29) is 17.4 Å². The molecule has 0 saturated carbocycles. The van der Waals surface area contributed by atoms with Crippen molar-refractivity contribution < 1.29 is 14.3 Å². The number of unbranched alkanes of at least 4 members (excludes halogenated alkanes) is 3. The Kier molecular flexibility index (Phi) is 10.8. The van der Waals surface area contributed by atoms with E-state index in [9.17, 15) is 9.59 Å². The first-order valence-corrected chi connectivity index (χ1v) is 11.5. The van der Waals surface area contributed by atoms with Gasteiger partial charge < -0.3 is 4.74 Å². The Morgan fingerprint density at radius 1 is 1.06 bits per heavy atom. The lowest BCUT2D eigenvalue weighted by Gasteiger charge is -2.12. The second-order valence-electron chi connectivity index (χ2n) is 6.81. The average Bonchev–Trinajstić information content (AvgIpc) is 2.74. The van der Waals surface area contributed by atoms with E-state index in [2.05, 4.69) is 39.0 Å². The van der Waals surface area contributed by atoms with Gasteiger partial charge >= 0.3 is 0 Å². The van der Waals surface area contributed by atoms with Gasteiger partial charge in [0.1, 0.15) is 5.75 Å². The maximum Gasteiger partial charge on any atom is 0.257 e. The molecule has 2 aromatic rings. The van der Waals surface area contributed by atoms with Crippen molar-refractivity contribution in [1.29, 1.82) is 0 Å². The van der Waals surface area contributed by atoms with Crippen molar-refractivity contribution in [3.8, 4) is 5.75 Å². The van der Waals surface area contributed by atoms with E-state index in [0.717, 1.165) is 18.4 Å². The second kappa shape index (κ2) is 13.3. The highest BCUT2D eigenvalue weighted by Gasteiger charge is 2.12. The Morgan fingerprint density at radius 2 is 1.81 bits per heavy atom. The summed E-state index contributed by atoms with van der Waals surface area (Å²) in [5.41, 5.74) is 6.18. The molecule has 0 aliphatic carbocycles. The van der Waals surface area contributed by atoms with Crippen molar-refractivity contribution in [2.45, 2.75) is 39.0 Å². The summed E-state index contributed by atoms with van der Waals surface area (Å²) in [6.07, 6.45) is 4.64. The van der Waals surface area contributed by atoms with Gasteiger partial charge in [-0.2, -0.15) is 0 Å². The number of carbonyl (C=O) groups is 2. The highest BCUT2D eigenvalue weighted by molar-refractivity contribution is 9.10. The lowest BCUT2D eigenvalue weighted by molar-refractivity contribution is -0.121. The predicted octanol–water partition coefficient (Wildman–Crippen LogP) is 4.94. The van der Waals surface area contributed by atoms with Gasteiger partial charge in [-0.3, -0.25) is 25.8 Å². The summed E-state index contributed by atoms with van der Waals surface area (Å²) in [6, 6.07) is 12.0. The standard InChI is InChI=1S/C22H25BrClN3O3S/c1-2-3-4-5-12-30-19-11-8-16(14-18(19)23)21(29)25-22(31)27-26-20(28)13-15-6-9-17(24)10-7-15/h6-11,14H,2-5,12-13H2,1H3,(H,26,28)(H2,25,27,29,31). The Labute approximate surface area is 201 Å². The van der Waals surface area contributed by atoms with E-state index < -0.39 is 5.91 Å². The zero-order valence-electron chi connectivity index (χ0n) is 17.2. The molecule has 0 spiro atoms.